The van der Waals surface area contributed by atoms with Gasteiger partial charge in [-0.2, -0.15) is 5.10 Å². The molecule has 1 N–H and O–H groups in total. The van der Waals surface area contributed by atoms with Gasteiger partial charge in [-0.1, -0.05) is 29.8 Å². The van der Waals surface area contributed by atoms with E-state index < -0.39 is 26.4 Å². The van der Waals surface area contributed by atoms with Crippen LogP contribution in [0.3, 0.4) is 0 Å². The maximum atomic E-state index is 13.0. The van der Waals surface area contributed by atoms with E-state index in [4.69, 9.17) is 11.6 Å². The molecule has 1 aliphatic heterocycles. The van der Waals surface area contributed by atoms with Crippen LogP contribution in [0.15, 0.2) is 42.5 Å². The number of nitro groups is 1. The van der Waals surface area contributed by atoms with E-state index in [1.807, 2.05) is 19.1 Å². The van der Waals surface area contributed by atoms with Gasteiger partial charge in [0.05, 0.1) is 27.8 Å². The second kappa shape index (κ2) is 7.22. The summed E-state index contributed by atoms with van der Waals surface area (Å²) in [6.07, 6.45) is 0. The number of hydrogen-bond donors (Lipinski definition) is 1. The molecule has 0 aliphatic carbocycles. The van der Waals surface area contributed by atoms with Crippen molar-refractivity contribution in [3.63, 3.8) is 0 Å². The number of sulfone groups is 1. The number of para-hydroxylation sites is 1. The Morgan fingerprint density at radius 3 is 2.67 bits per heavy atom. The molecular weight excluding hydrogens is 432 g/mol. The lowest BCUT2D eigenvalue weighted by molar-refractivity contribution is -0.385. The molecule has 2 heterocycles. The molecule has 1 aromatic heterocycles. The van der Waals surface area contributed by atoms with Crippen LogP contribution in [-0.4, -0.2) is 29.0 Å². The van der Waals surface area contributed by atoms with E-state index in [1.54, 1.807) is 12.1 Å². The van der Waals surface area contributed by atoms with Crippen LogP contribution in [0.5, 0.6) is 0 Å². The van der Waals surface area contributed by atoms with E-state index in [0.717, 1.165) is 11.6 Å². The van der Waals surface area contributed by atoms with Gasteiger partial charge in [0.25, 0.3) is 11.6 Å². The molecule has 9 nitrogen and oxygen atoms in total. The number of anilines is 1. The van der Waals surface area contributed by atoms with Crippen molar-refractivity contribution in [2.45, 2.75) is 18.4 Å². The Kier molecular flexibility index (Phi) is 4.83. The van der Waals surface area contributed by atoms with E-state index in [1.165, 1.54) is 16.8 Å². The number of nitrogens with one attached hydrogen (secondary N) is 1. The fourth-order valence-corrected chi connectivity index (χ4v) is 5.04. The van der Waals surface area contributed by atoms with Crippen molar-refractivity contribution >= 4 is 38.9 Å². The van der Waals surface area contributed by atoms with Crippen LogP contribution < -0.4 is 5.32 Å². The lowest BCUT2D eigenvalue weighted by Crippen LogP contribution is -2.18. The van der Waals surface area contributed by atoms with Gasteiger partial charge < -0.3 is 5.32 Å². The van der Waals surface area contributed by atoms with Gasteiger partial charge in [0.1, 0.15) is 11.4 Å². The Labute approximate surface area is 176 Å². The fourth-order valence-electron chi connectivity index (χ4n) is 3.37. The summed E-state index contributed by atoms with van der Waals surface area (Å²) in [7, 11) is -3.38. The number of amides is 1. The van der Waals surface area contributed by atoms with Crippen LogP contribution in [0.4, 0.5) is 11.5 Å². The van der Waals surface area contributed by atoms with Crippen molar-refractivity contribution in [3.05, 3.63) is 80.0 Å². The third-order valence-corrected chi connectivity index (χ3v) is 6.44. The molecule has 3 aromatic rings. The number of nitrogens with zero attached hydrogens (tertiary/aromatic N) is 3. The van der Waals surface area contributed by atoms with Crippen molar-refractivity contribution < 1.29 is 18.1 Å². The molecule has 11 heteroatoms. The first kappa shape index (κ1) is 20.0. The maximum absolute atomic E-state index is 13.0. The average molecular weight is 447 g/mol. The lowest BCUT2D eigenvalue weighted by Gasteiger charge is -2.13. The zero-order chi connectivity index (χ0) is 21.6. The van der Waals surface area contributed by atoms with Crippen LogP contribution >= 0.6 is 11.6 Å². The number of aryl methyl sites for hydroxylation is 1. The SMILES string of the molecule is Cc1ccccc1-n1nc2c(c1NC(=O)c1cc(Cl)ccc1[N+](=O)[O-])CS(=O)(=O)C2. The molecule has 2 aromatic carbocycles. The number of carbonyl (C=O) groups is 1. The zero-order valence-corrected chi connectivity index (χ0v) is 17.2. The number of halogens is 1. The minimum Gasteiger partial charge on any atom is -0.306 e. The minimum atomic E-state index is -3.38. The van der Waals surface area contributed by atoms with Crippen molar-refractivity contribution in [1.29, 1.82) is 0 Å². The Bertz CT molecular complexity index is 1320. The highest BCUT2D eigenvalue weighted by Gasteiger charge is 2.34. The predicted molar refractivity (Wildman–Crippen MR) is 111 cm³/mol. The molecule has 4 rings (SSSR count). The molecule has 154 valence electrons. The van der Waals surface area contributed by atoms with Gasteiger partial charge in [-0.05, 0) is 30.7 Å². The third-order valence-electron chi connectivity index (χ3n) is 4.76. The number of nitro benzene ring substituents is 1. The van der Waals surface area contributed by atoms with E-state index in [9.17, 15) is 23.3 Å². The molecule has 0 fully saturated rings. The van der Waals surface area contributed by atoms with E-state index in [2.05, 4.69) is 10.4 Å². The molecule has 1 amide bonds. The van der Waals surface area contributed by atoms with Crippen molar-refractivity contribution in [3.8, 4) is 5.69 Å². The van der Waals surface area contributed by atoms with Crippen molar-refractivity contribution in [2.24, 2.45) is 0 Å². The van der Waals surface area contributed by atoms with Gasteiger partial charge in [-0.3, -0.25) is 14.9 Å². The van der Waals surface area contributed by atoms with Gasteiger partial charge in [0.15, 0.2) is 9.84 Å². The predicted octanol–water partition coefficient (Wildman–Crippen LogP) is 3.42. The Balaban J connectivity index is 1.84. The third kappa shape index (κ3) is 3.55. The summed E-state index contributed by atoms with van der Waals surface area (Å²) in [5, 5.41) is 18.5. The number of rotatable bonds is 4. The Morgan fingerprint density at radius 1 is 1.23 bits per heavy atom. The topological polar surface area (TPSA) is 124 Å². The van der Waals surface area contributed by atoms with Crippen LogP contribution in [0.25, 0.3) is 5.69 Å². The summed E-state index contributed by atoms with van der Waals surface area (Å²) < 4.78 is 25.6. The highest BCUT2D eigenvalue weighted by atomic mass is 35.5. The van der Waals surface area contributed by atoms with Crippen LogP contribution in [0, 0.1) is 17.0 Å². The summed E-state index contributed by atoms with van der Waals surface area (Å²) in [5.41, 5.74) is 1.57. The summed E-state index contributed by atoms with van der Waals surface area (Å²) in [6, 6.07) is 10.9. The van der Waals surface area contributed by atoms with Gasteiger partial charge in [-0.15, -0.1) is 0 Å². The summed E-state index contributed by atoms with van der Waals surface area (Å²) in [6.45, 7) is 1.85. The second-order valence-electron chi connectivity index (χ2n) is 6.88. The first-order valence-corrected chi connectivity index (χ1v) is 11.0. The van der Waals surface area contributed by atoms with Gasteiger partial charge in [0.2, 0.25) is 0 Å². The molecule has 0 atom stereocenters. The fraction of sp³-hybridized carbons (Fsp3) is 0.158. The molecule has 0 radical (unpaired) electrons. The molecule has 0 saturated carbocycles. The quantitative estimate of drug-likeness (QED) is 0.483. The van der Waals surface area contributed by atoms with Gasteiger partial charge in [-0.25, -0.2) is 13.1 Å². The normalized spacial score (nSPS) is 14.3. The standard InChI is InChI=1S/C19H15ClN4O5S/c1-11-4-2-3-5-16(11)23-18(14-9-30(28,29)10-15(14)22-23)21-19(25)13-8-12(20)6-7-17(13)24(26)27/h2-8H,9-10H2,1H3,(H,21,25). The maximum Gasteiger partial charge on any atom is 0.282 e. The van der Waals surface area contributed by atoms with E-state index in [-0.39, 0.29) is 27.9 Å². The molecule has 1 aliphatic rings. The van der Waals surface area contributed by atoms with Crippen LogP contribution in [0.1, 0.15) is 27.2 Å². The summed E-state index contributed by atoms with van der Waals surface area (Å²) in [4.78, 5) is 23.6. The first-order chi connectivity index (χ1) is 14.2. The molecule has 30 heavy (non-hydrogen) atoms. The van der Waals surface area contributed by atoms with Crippen LogP contribution in [0.2, 0.25) is 5.02 Å². The van der Waals surface area contributed by atoms with E-state index in [0.29, 0.717) is 16.9 Å². The largest absolute Gasteiger partial charge is 0.306 e. The number of aromatic nitrogens is 2. The van der Waals surface area contributed by atoms with Crippen LogP contribution in [-0.2, 0) is 21.3 Å². The average Bonchev–Trinajstić information content (AvgIpc) is 3.14. The Hall–Kier alpha value is -3.24. The summed E-state index contributed by atoms with van der Waals surface area (Å²) >= 11 is 5.93. The Morgan fingerprint density at radius 2 is 1.97 bits per heavy atom. The first-order valence-electron chi connectivity index (χ1n) is 8.79. The number of hydrogen-bond acceptors (Lipinski definition) is 6. The number of fused-ring (bicyclic) bond motifs is 1. The minimum absolute atomic E-state index is 0.158. The summed E-state index contributed by atoms with van der Waals surface area (Å²) in [5.74, 6) is -1.13. The smallest absolute Gasteiger partial charge is 0.282 e. The lowest BCUT2D eigenvalue weighted by atomic mass is 10.1. The molecular formula is C19H15ClN4O5S. The second-order valence-corrected chi connectivity index (χ2v) is 9.38. The molecule has 0 saturated heterocycles. The van der Waals surface area contributed by atoms with Crippen molar-refractivity contribution in [2.75, 3.05) is 5.32 Å². The highest BCUT2D eigenvalue weighted by Crippen LogP contribution is 2.34. The molecule has 0 unspecified atom stereocenters. The van der Waals surface area contributed by atoms with Gasteiger partial charge in [0, 0.05) is 16.7 Å². The number of benzene rings is 2. The highest BCUT2D eigenvalue weighted by molar-refractivity contribution is 7.90. The van der Waals surface area contributed by atoms with Gasteiger partial charge >= 0.3 is 0 Å². The number of carbonyl (C=O) groups excluding carboxylic acids is 1. The zero-order valence-electron chi connectivity index (χ0n) is 15.6. The van der Waals surface area contributed by atoms with Crippen molar-refractivity contribution in [1.82, 2.24) is 9.78 Å². The van der Waals surface area contributed by atoms with E-state index >= 15 is 0 Å². The molecule has 0 bridgehead atoms. The molecule has 0 spiro atoms. The monoisotopic (exact) mass is 446 g/mol.